The SMILES string of the molecule is Cc1cccc(Oc2ccccc2NC(=O)CC2CCNCC2)c1.Cl. The minimum Gasteiger partial charge on any atom is -0.455 e. The monoisotopic (exact) mass is 360 g/mol. The van der Waals surface area contributed by atoms with E-state index < -0.39 is 0 Å². The normalized spacial score (nSPS) is 14.4. The Bertz CT molecular complexity index is 700. The second-order valence-electron chi connectivity index (χ2n) is 6.36. The quantitative estimate of drug-likeness (QED) is 0.823. The van der Waals surface area contributed by atoms with Gasteiger partial charge in [-0.05, 0) is 68.6 Å². The molecule has 0 aliphatic carbocycles. The number of hydrogen-bond donors (Lipinski definition) is 2. The van der Waals surface area contributed by atoms with Gasteiger partial charge in [-0.3, -0.25) is 4.79 Å². The molecule has 0 radical (unpaired) electrons. The van der Waals surface area contributed by atoms with Crippen LogP contribution >= 0.6 is 12.4 Å². The Labute approximate surface area is 155 Å². The fraction of sp³-hybridized carbons (Fsp3) is 0.350. The van der Waals surface area contributed by atoms with E-state index in [-0.39, 0.29) is 18.3 Å². The topological polar surface area (TPSA) is 50.4 Å². The van der Waals surface area contributed by atoms with Crippen LogP contribution in [0.2, 0.25) is 0 Å². The molecule has 1 aliphatic rings. The van der Waals surface area contributed by atoms with Gasteiger partial charge in [0.15, 0.2) is 5.75 Å². The van der Waals surface area contributed by atoms with Crippen molar-refractivity contribution in [2.75, 3.05) is 18.4 Å². The molecule has 1 saturated heterocycles. The highest BCUT2D eigenvalue weighted by molar-refractivity contribution is 5.92. The third-order valence-corrected chi connectivity index (χ3v) is 4.31. The molecule has 1 amide bonds. The van der Waals surface area contributed by atoms with Crippen LogP contribution in [0.15, 0.2) is 48.5 Å². The molecule has 0 spiro atoms. The average Bonchev–Trinajstić information content (AvgIpc) is 2.57. The molecule has 0 aromatic heterocycles. The summed E-state index contributed by atoms with van der Waals surface area (Å²) in [5.41, 5.74) is 1.86. The first kappa shape index (κ1) is 19.3. The zero-order chi connectivity index (χ0) is 16.8. The Balaban J connectivity index is 0.00000225. The number of amides is 1. The second-order valence-corrected chi connectivity index (χ2v) is 6.36. The van der Waals surface area contributed by atoms with Crippen LogP contribution in [0.4, 0.5) is 5.69 Å². The summed E-state index contributed by atoms with van der Waals surface area (Å²) in [6.45, 7) is 4.04. The minimum atomic E-state index is 0. The van der Waals surface area contributed by atoms with E-state index in [0.717, 1.165) is 42.9 Å². The molecule has 3 rings (SSSR count). The molecule has 134 valence electrons. The standard InChI is InChI=1S/C20H24N2O2.ClH/c1-15-5-4-6-17(13-15)24-19-8-3-2-7-18(19)22-20(23)14-16-9-11-21-12-10-16;/h2-8,13,16,21H,9-12,14H2,1H3,(H,22,23);1H. The molecule has 2 aromatic carbocycles. The molecule has 1 fully saturated rings. The summed E-state index contributed by atoms with van der Waals surface area (Å²) in [4.78, 5) is 12.4. The number of hydrogen-bond acceptors (Lipinski definition) is 3. The molecule has 4 nitrogen and oxygen atoms in total. The summed E-state index contributed by atoms with van der Waals surface area (Å²) in [7, 11) is 0. The van der Waals surface area contributed by atoms with Gasteiger partial charge in [-0.2, -0.15) is 0 Å². The summed E-state index contributed by atoms with van der Waals surface area (Å²) in [6.07, 6.45) is 2.70. The maximum atomic E-state index is 12.4. The lowest BCUT2D eigenvalue weighted by molar-refractivity contribution is -0.117. The predicted molar refractivity (Wildman–Crippen MR) is 104 cm³/mol. The Morgan fingerprint density at radius 3 is 2.68 bits per heavy atom. The number of ether oxygens (including phenoxy) is 1. The van der Waals surface area contributed by atoms with Gasteiger partial charge in [0, 0.05) is 6.42 Å². The molecule has 0 unspecified atom stereocenters. The summed E-state index contributed by atoms with van der Waals surface area (Å²) in [6, 6.07) is 15.5. The van der Waals surface area contributed by atoms with E-state index in [1.165, 1.54) is 0 Å². The molecular formula is C20H25ClN2O2. The lowest BCUT2D eigenvalue weighted by Gasteiger charge is -2.22. The number of anilines is 1. The number of carbonyl (C=O) groups excluding carboxylic acids is 1. The highest BCUT2D eigenvalue weighted by Crippen LogP contribution is 2.30. The highest BCUT2D eigenvalue weighted by atomic mass is 35.5. The van der Waals surface area contributed by atoms with E-state index in [2.05, 4.69) is 10.6 Å². The van der Waals surface area contributed by atoms with Crippen molar-refractivity contribution in [2.24, 2.45) is 5.92 Å². The smallest absolute Gasteiger partial charge is 0.224 e. The summed E-state index contributed by atoms with van der Waals surface area (Å²) >= 11 is 0. The highest BCUT2D eigenvalue weighted by Gasteiger charge is 2.17. The molecule has 0 saturated carbocycles. The number of benzene rings is 2. The van der Waals surface area contributed by atoms with Crippen LogP contribution in [0.1, 0.15) is 24.8 Å². The minimum absolute atomic E-state index is 0. The van der Waals surface area contributed by atoms with Crippen LogP contribution in [-0.2, 0) is 4.79 Å². The Morgan fingerprint density at radius 2 is 1.92 bits per heavy atom. The first-order valence-electron chi connectivity index (χ1n) is 8.55. The van der Waals surface area contributed by atoms with Crippen LogP contribution in [-0.4, -0.2) is 19.0 Å². The lowest BCUT2D eigenvalue weighted by Crippen LogP contribution is -2.30. The third kappa shape index (κ3) is 5.76. The molecule has 2 aromatic rings. The van der Waals surface area contributed by atoms with Gasteiger partial charge in [0.05, 0.1) is 5.69 Å². The van der Waals surface area contributed by atoms with Crippen molar-refractivity contribution in [3.05, 3.63) is 54.1 Å². The largest absolute Gasteiger partial charge is 0.455 e. The number of piperidine rings is 1. The van der Waals surface area contributed by atoms with Crippen molar-refractivity contribution >= 4 is 24.0 Å². The van der Waals surface area contributed by atoms with Crippen LogP contribution < -0.4 is 15.4 Å². The zero-order valence-electron chi connectivity index (χ0n) is 14.5. The van der Waals surface area contributed by atoms with Gasteiger partial charge in [-0.15, -0.1) is 12.4 Å². The van der Waals surface area contributed by atoms with Crippen LogP contribution in [0.3, 0.4) is 0 Å². The van der Waals surface area contributed by atoms with Crippen LogP contribution in [0, 0.1) is 12.8 Å². The number of carbonyl (C=O) groups is 1. The molecule has 25 heavy (non-hydrogen) atoms. The molecule has 0 bridgehead atoms. The van der Waals surface area contributed by atoms with Crippen LogP contribution in [0.25, 0.3) is 0 Å². The Kier molecular flexibility index (Phi) is 7.29. The molecule has 5 heteroatoms. The molecule has 1 aliphatic heterocycles. The molecular weight excluding hydrogens is 336 g/mol. The first-order valence-corrected chi connectivity index (χ1v) is 8.55. The Hall–Kier alpha value is -2.04. The number of aryl methyl sites for hydroxylation is 1. The van der Waals surface area contributed by atoms with Gasteiger partial charge < -0.3 is 15.4 Å². The van der Waals surface area contributed by atoms with Gasteiger partial charge >= 0.3 is 0 Å². The van der Waals surface area contributed by atoms with Gasteiger partial charge in [0.1, 0.15) is 5.75 Å². The van der Waals surface area contributed by atoms with Crippen molar-refractivity contribution in [3.63, 3.8) is 0 Å². The molecule has 0 atom stereocenters. The average molecular weight is 361 g/mol. The van der Waals surface area contributed by atoms with E-state index in [0.29, 0.717) is 18.1 Å². The maximum absolute atomic E-state index is 12.4. The predicted octanol–water partition coefficient (Wildman–Crippen LogP) is 4.54. The summed E-state index contributed by atoms with van der Waals surface area (Å²) in [5.74, 6) is 1.97. The first-order chi connectivity index (χ1) is 11.7. The van der Waals surface area contributed by atoms with Gasteiger partial charge in [0.2, 0.25) is 5.91 Å². The number of para-hydroxylation sites is 2. The number of halogens is 1. The summed E-state index contributed by atoms with van der Waals surface area (Å²) in [5, 5.41) is 6.34. The Morgan fingerprint density at radius 1 is 1.16 bits per heavy atom. The van der Waals surface area contributed by atoms with Gasteiger partial charge in [-0.1, -0.05) is 24.3 Å². The number of rotatable bonds is 5. The summed E-state index contributed by atoms with van der Waals surface area (Å²) < 4.78 is 5.96. The van der Waals surface area contributed by atoms with E-state index in [1.807, 2.05) is 55.5 Å². The van der Waals surface area contributed by atoms with Crippen molar-refractivity contribution in [3.8, 4) is 11.5 Å². The van der Waals surface area contributed by atoms with Crippen molar-refractivity contribution < 1.29 is 9.53 Å². The van der Waals surface area contributed by atoms with E-state index >= 15 is 0 Å². The van der Waals surface area contributed by atoms with Gasteiger partial charge in [0.25, 0.3) is 0 Å². The van der Waals surface area contributed by atoms with Gasteiger partial charge in [-0.25, -0.2) is 0 Å². The van der Waals surface area contributed by atoms with E-state index in [1.54, 1.807) is 0 Å². The van der Waals surface area contributed by atoms with Crippen LogP contribution in [0.5, 0.6) is 11.5 Å². The zero-order valence-corrected chi connectivity index (χ0v) is 15.3. The van der Waals surface area contributed by atoms with E-state index in [4.69, 9.17) is 4.74 Å². The third-order valence-electron chi connectivity index (χ3n) is 4.31. The second kappa shape index (κ2) is 9.44. The fourth-order valence-electron chi connectivity index (χ4n) is 3.01. The van der Waals surface area contributed by atoms with Crippen molar-refractivity contribution in [1.29, 1.82) is 0 Å². The van der Waals surface area contributed by atoms with Crippen molar-refractivity contribution in [1.82, 2.24) is 5.32 Å². The lowest BCUT2D eigenvalue weighted by atomic mass is 9.94. The van der Waals surface area contributed by atoms with Crippen molar-refractivity contribution in [2.45, 2.75) is 26.2 Å². The molecule has 2 N–H and O–H groups in total. The van der Waals surface area contributed by atoms with E-state index in [9.17, 15) is 4.79 Å². The number of nitrogens with one attached hydrogen (secondary N) is 2. The fourth-order valence-corrected chi connectivity index (χ4v) is 3.01. The maximum Gasteiger partial charge on any atom is 0.224 e. The molecule has 1 heterocycles.